The zero-order chi connectivity index (χ0) is 11.1. The van der Waals surface area contributed by atoms with Crippen LogP contribution in [0.2, 0.25) is 0 Å². The van der Waals surface area contributed by atoms with Gasteiger partial charge in [0.15, 0.2) is 5.78 Å². The Balaban J connectivity index is 4.09. The van der Waals surface area contributed by atoms with Crippen molar-refractivity contribution in [2.45, 2.75) is 18.3 Å². The number of ketones is 1. The van der Waals surface area contributed by atoms with Gasteiger partial charge in [0.1, 0.15) is 18.3 Å². The molecule has 0 rings (SSSR count). The molecule has 14 heavy (non-hydrogen) atoms. The third kappa shape index (κ3) is 4.71. The minimum Gasteiger partial charge on any atom is -0.388 e. The van der Waals surface area contributed by atoms with Gasteiger partial charge < -0.3 is 24.4 Å². The van der Waals surface area contributed by atoms with Crippen molar-refractivity contribution in [2.75, 3.05) is 13.2 Å². The maximum atomic E-state index is 11.1. The first kappa shape index (κ1) is 14.3. The van der Waals surface area contributed by atoms with Gasteiger partial charge in [-0.05, 0) is 0 Å². The summed E-state index contributed by atoms with van der Waals surface area (Å²) >= 11 is 0. The van der Waals surface area contributed by atoms with Crippen molar-refractivity contribution >= 4 is 24.7 Å². The molecule has 0 aliphatic heterocycles. The zero-order valence-corrected chi connectivity index (χ0v) is 9.68. The molecule has 6 nitrogen and oxygen atoms in total. The molecule has 0 saturated heterocycles. The predicted molar refractivity (Wildman–Crippen MR) is 54.4 cm³/mol. The quantitative estimate of drug-likeness (QED) is 0.460. The number of hydrogen-bond donors (Lipinski definition) is 3. The highest BCUT2D eigenvalue weighted by Gasteiger charge is 2.29. The summed E-state index contributed by atoms with van der Waals surface area (Å²) in [4.78, 5) is 11.1. The SMILES string of the molecule is O=C(C(O)COP)C(O)[C@H](O)COP. The van der Waals surface area contributed by atoms with Gasteiger partial charge in [-0.3, -0.25) is 4.79 Å². The van der Waals surface area contributed by atoms with Crippen LogP contribution in [-0.4, -0.2) is 52.6 Å². The average molecular weight is 244 g/mol. The van der Waals surface area contributed by atoms with E-state index in [0.29, 0.717) is 0 Å². The highest BCUT2D eigenvalue weighted by atomic mass is 31.0. The Morgan fingerprint density at radius 2 is 1.64 bits per heavy atom. The second-order valence-electron chi connectivity index (χ2n) is 2.60. The Hall–Kier alpha value is 0.330. The number of Topliss-reactive ketones (excluding diaryl/α,β-unsaturated/α-hetero) is 1. The van der Waals surface area contributed by atoms with Crippen LogP contribution in [0.15, 0.2) is 0 Å². The summed E-state index contributed by atoms with van der Waals surface area (Å²) in [5, 5.41) is 27.4. The number of rotatable bonds is 7. The van der Waals surface area contributed by atoms with E-state index in [1.807, 2.05) is 18.9 Å². The van der Waals surface area contributed by atoms with Gasteiger partial charge in [-0.25, -0.2) is 0 Å². The smallest absolute Gasteiger partial charge is 0.194 e. The molecule has 4 unspecified atom stereocenters. The Kier molecular flexibility index (Phi) is 7.78. The summed E-state index contributed by atoms with van der Waals surface area (Å²) in [7, 11) is 3.74. The van der Waals surface area contributed by atoms with Crippen LogP contribution in [0.4, 0.5) is 0 Å². The minimum absolute atomic E-state index is 0.216. The predicted octanol–water partition coefficient (Wildman–Crippen LogP) is -1.75. The molecule has 3 N–H and O–H groups in total. The summed E-state index contributed by atoms with van der Waals surface area (Å²) in [5.41, 5.74) is 0. The molecule has 0 aliphatic rings. The van der Waals surface area contributed by atoms with E-state index in [4.69, 9.17) is 10.2 Å². The topological polar surface area (TPSA) is 96.2 Å². The van der Waals surface area contributed by atoms with Gasteiger partial charge in [-0.1, -0.05) is 0 Å². The molecule has 0 bridgehead atoms. The molecule has 0 saturated carbocycles. The van der Waals surface area contributed by atoms with Crippen LogP contribution in [0.25, 0.3) is 0 Å². The molecule has 5 atom stereocenters. The lowest BCUT2D eigenvalue weighted by molar-refractivity contribution is -0.143. The van der Waals surface area contributed by atoms with Crippen molar-refractivity contribution in [3.8, 4) is 0 Å². The van der Waals surface area contributed by atoms with Crippen molar-refractivity contribution in [3.63, 3.8) is 0 Å². The van der Waals surface area contributed by atoms with Crippen LogP contribution in [0, 0.1) is 0 Å². The number of aliphatic hydroxyl groups is 3. The van der Waals surface area contributed by atoms with Crippen LogP contribution in [0.5, 0.6) is 0 Å². The van der Waals surface area contributed by atoms with Gasteiger partial charge in [-0.2, -0.15) is 0 Å². The van der Waals surface area contributed by atoms with Crippen LogP contribution < -0.4 is 0 Å². The second-order valence-corrected chi connectivity index (χ2v) is 3.26. The molecule has 8 heteroatoms. The Morgan fingerprint density at radius 3 is 2.07 bits per heavy atom. The highest BCUT2D eigenvalue weighted by Crippen LogP contribution is 2.03. The first-order valence-corrected chi connectivity index (χ1v) is 4.70. The van der Waals surface area contributed by atoms with Crippen molar-refractivity contribution in [3.05, 3.63) is 0 Å². The van der Waals surface area contributed by atoms with Crippen molar-refractivity contribution in [2.24, 2.45) is 0 Å². The average Bonchev–Trinajstić information content (AvgIpc) is 2.16. The summed E-state index contributed by atoms with van der Waals surface area (Å²) in [6.07, 6.45) is -4.49. The first-order valence-electron chi connectivity index (χ1n) is 3.75. The molecule has 0 fully saturated rings. The normalized spacial score (nSPS) is 17.5. The van der Waals surface area contributed by atoms with E-state index >= 15 is 0 Å². The number of carbonyl (C=O) groups excluding carboxylic acids is 1. The van der Waals surface area contributed by atoms with E-state index in [1.165, 1.54) is 0 Å². The molecule has 0 aliphatic carbocycles. The second kappa shape index (κ2) is 7.60. The van der Waals surface area contributed by atoms with E-state index in [-0.39, 0.29) is 13.2 Å². The summed E-state index contributed by atoms with van der Waals surface area (Å²) in [6.45, 7) is -0.471. The molecular formula is C6H14O6P2. The van der Waals surface area contributed by atoms with Gasteiger partial charge in [0.2, 0.25) is 0 Å². The van der Waals surface area contributed by atoms with Gasteiger partial charge in [0, 0.05) is 18.9 Å². The Morgan fingerprint density at radius 1 is 1.14 bits per heavy atom. The summed E-state index contributed by atoms with van der Waals surface area (Å²) in [6, 6.07) is 0. The lowest BCUT2D eigenvalue weighted by atomic mass is 10.1. The lowest BCUT2D eigenvalue weighted by Gasteiger charge is -2.18. The fourth-order valence-corrected chi connectivity index (χ4v) is 1.13. The van der Waals surface area contributed by atoms with Gasteiger partial charge in [0.25, 0.3) is 0 Å². The Labute approximate surface area is 86.2 Å². The largest absolute Gasteiger partial charge is 0.388 e. The number of hydrogen-bond acceptors (Lipinski definition) is 6. The molecule has 0 aromatic heterocycles. The monoisotopic (exact) mass is 244 g/mol. The summed E-state index contributed by atoms with van der Waals surface area (Å²) < 4.78 is 8.88. The van der Waals surface area contributed by atoms with Gasteiger partial charge in [0.05, 0.1) is 13.2 Å². The zero-order valence-electron chi connectivity index (χ0n) is 7.37. The Bertz CT molecular complexity index is 178. The molecule has 0 spiro atoms. The van der Waals surface area contributed by atoms with Crippen molar-refractivity contribution in [1.29, 1.82) is 0 Å². The molecule has 0 radical (unpaired) electrons. The van der Waals surface area contributed by atoms with Crippen LogP contribution in [0.3, 0.4) is 0 Å². The van der Waals surface area contributed by atoms with Crippen LogP contribution in [0.1, 0.15) is 0 Å². The van der Waals surface area contributed by atoms with Crippen LogP contribution >= 0.6 is 18.9 Å². The molecule has 0 heterocycles. The summed E-state index contributed by atoms with van der Waals surface area (Å²) in [5.74, 6) is -0.901. The third-order valence-corrected chi connectivity index (χ3v) is 1.89. The van der Waals surface area contributed by atoms with E-state index in [1.54, 1.807) is 0 Å². The standard InChI is InChI=1S/C6H14O6P2/c7-3(1-11-13)5(9)6(10)4(8)2-12-14/h3-5,7-9H,1-2,13-14H2/t3-,4?,5?/m1/s1. The van der Waals surface area contributed by atoms with Crippen molar-refractivity contribution in [1.82, 2.24) is 0 Å². The first-order chi connectivity index (χ1) is 6.54. The van der Waals surface area contributed by atoms with E-state index in [0.717, 1.165) is 0 Å². The molecular weight excluding hydrogens is 230 g/mol. The van der Waals surface area contributed by atoms with Crippen molar-refractivity contribution < 1.29 is 29.2 Å². The third-order valence-electron chi connectivity index (χ3n) is 1.51. The van der Waals surface area contributed by atoms with E-state index in [2.05, 4.69) is 9.05 Å². The maximum absolute atomic E-state index is 11.1. The lowest BCUT2D eigenvalue weighted by Crippen LogP contribution is -2.43. The highest BCUT2D eigenvalue weighted by molar-refractivity contribution is 7.10. The number of aliphatic hydroxyl groups excluding tert-OH is 3. The van der Waals surface area contributed by atoms with Gasteiger partial charge in [-0.15, -0.1) is 0 Å². The van der Waals surface area contributed by atoms with E-state index in [9.17, 15) is 9.90 Å². The fraction of sp³-hybridized carbons (Fsp3) is 0.833. The molecule has 0 aromatic carbocycles. The molecule has 84 valence electrons. The van der Waals surface area contributed by atoms with E-state index < -0.39 is 24.1 Å². The van der Waals surface area contributed by atoms with Crippen LogP contribution in [-0.2, 0) is 13.8 Å². The molecule has 0 amide bonds. The molecule has 0 aromatic rings. The fourth-order valence-electron chi connectivity index (χ4n) is 0.750. The maximum Gasteiger partial charge on any atom is 0.194 e. The minimum atomic E-state index is -1.68. The number of carbonyl (C=O) groups is 1. The van der Waals surface area contributed by atoms with Gasteiger partial charge >= 0.3 is 0 Å².